The summed E-state index contributed by atoms with van der Waals surface area (Å²) in [6, 6.07) is 41.8. The summed E-state index contributed by atoms with van der Waals surface area (Å²) in [5, 5.41) is 5.92. The molecule has 0 aliphatic carbocycles. The number of hydrogen-bond acceptors (Lipinski definition) is 3. The molecule has 1 atom stereocenters. The molecule has 1 aliphatic heterocycles. The maximum Gasteiger partial charge on any atom is 0.159 e. The largest absolute Gasteiger partial charge is 0.344 e. The molecule has 5 aromatic rings. The number of rotatable bonds is 4. The van der Waals surface area contributed by atoms with Crippen molar-refractivity contribution in [3.8, 4) is 11.1 Å². The number of amidine groups is 2. The lowest BCUT2D eigenvalue weighted by molar-refractivity contribution is 0.674. The van der Waals surface area contributed by atoms with Crippen molar-refractivity contribution in [2.45, 2.75) is 6.17 Å². The van der Waals surface area contributed by atoms with Crippen LogP contribution in [0.2, 0.25) is 0 Å². The Balaban J connectivity index is 1.41. The first-order chi connectivity index (χ1) is 17.2. The Hall–Kier alpha value is -4.02. The van der Waals surface area contributed by atoms with Crippen LogP contribution in [-0.2, 0) is 0 Å². The van der Waals surface area contributed by atoms with E-state index in [1.165, 1.54) is 16.5 Å². The van der Waals surface area contributed by atoms with Gasteiger partial charge in [0, 0.05) is 15.6 Å². The zero-order chi connectivity index (χ0) is 23.6. The smallest absolute Gasteiger partial charge is 0.159 e. The van der Waals surface area contributed by atoms with Gasteiger partial charge < -0.3 is 5.32 Å². The summed E-state index contributed by atoms with van der Waals surface area (Å²) in [6.45, 7) is 0. The molecule has 0 spiro atoms. The van der Waals surface area contributed by atoms with Gasteiger partial charge in [0.2, 0.25) is 0 Å². The average Bonchev–Trinajstić information content (AvgIpc) is 2.94. The third kappa shape index (κ3) is 4.41. The molecule has 0 saturated carbocycles. The Morgan fingerprint density at radius 1 is 0.600 bits per heavy atom. The van der Waals surface area contributed by atoms with Gasteiger partial charge >= 0.3 is 0 Å². The van der Waals surface area contributed by atoms with E-state index < -0.39 is 0 Å². The van der Waals surface area contributed by atoms with Crippen molar-refractivity contribution in [3.63, 3.8) is 0 Å². The topological polar surface area (TPSA) is 36.8 Å². The van der Waals surface area contributed by atoms with E-state index in [2.05, 4.69) is 118 Å². The summed E-state index contributed by atoms with van der Waals surface area (Å²) in [6.07, 6.45) is -0.243. The molecule has 1 heterocycles. The Kier molecular flexibility index (Phi) is 5.73. The SMILES string of the molecule is Brc1cc(C2=NC(c3ccccc3)=NC(c3ccc(-c4ccccc4)cc3)N2)cc2ccccc12. The molecule has 6 rings (SSSR count). The fraction of sp³-hybridized carbons (Fsp3) is 0.0323. The molecule has 35 heavy (non-hydrogen) atoms. The monoisotopic (exact) mass is 515 g/mol. The summed E-state index contributed by atoms with van der Waals surface area (Å²) in [5.41, 5.74) is 5.49. The van der Waals surface area contributed by atoms with Gasteiger partial charge in [-0.3, -0.25) is 0 Å². The van der Waals surface area contributed by atoms with Crippen LogP contribution >= 0.6 is 15.9 Å². The van der Waals surface area contributed by atoms with Crippen molar-refractivity contribution in [2.24, 2.45) is 9.98 Å². The van der Waals surface area contributed by atoms with E-state index in [1.807, 2.05) is 24.3 Å². The predicted molar refractivity (Wildman–Crippen MR) is 149 cm³/mol. The van der Waals surface area contributed by atoms with E-state index in [-0.39, 0.29) is 6.17 Å². The van der Waals surface area contributed by atoms with Crippen molar-refractivity contribution in [2.75, 3.05) is 0 Å². The van der Waals surface area contributed by atoms with Gasteiger partial charge in [-0.25, -0.2) is 9.98 Å². The molecular weight excluding hydrogens is 494 g/mol. The lowest BCUT2D eigenvalue weighted by Gasteiger charge is -2.24. The highest BCUT2D eigenvalue weighted by Crippen LogP contribution is 2.29. The lowest BCUT2D eigenvalue weighted by atomic mass is 10.0. The molecule has 0 saturated heterocycles. The first-order valence-corrected chi connectivity index (χ1v) is 12.4. The van der Waals surface area contributed by atoms with Crippen molar-refractivity contribution < 1.29 is 0 Å². The fourth-order valence-corrected chi connectivity index (χ4v) is 4.98. The maximum absolute atomic E-state index is 4.99. The Bertz CT molecular complexity index is 1560. The Labute approximate surface area is 213 Å². The summed E-state index contributed by atoms with van der Waals surface area (Å²) < 4.78 is 1.04. The summed E-state index contributed by atoms with van der Waals surface area (Å²) in [7, 11) is 0. The predicted octanol–water partition coefficient (Wildman–Crippen LogP) is 7.76. The van der Waals surface area contributed by atoms with Crippen molar-refractivity contribution in [1.82, 2.24) is 5.32 Å². The molecule has 4 heteroatoms. The van der Waals surface area contributed by atoms with Crippen molar-refractivity contribution >= 4 is 38.4 Å². The molecule has 1 unspecified atom stereocenters. The highest BCUT2D eigenvalue weighted by molar-refractivity contribution is 9.10. The van der Waals surface area contributed by atoms with Crippen LogP contribution in [0.3, 0.4) is 0 Å². The first-order valence-electron chi connectivity index (χ1n) is 11.6. The number of benzene rings is 5. The number of aliphatic imine (C=N–C) groups is 2. The summed E-state index contributed by atoms with van der Waals surface area (Å²) in [5.74, 6) is 1.53. The molecule has 5 aromatic carbocycles. The van der Waals surface area contributed by atoms with Crippen LogP contribution in [0.25, 0.3) is 21.9 Å². The van der Waals surface area contributed by atoms with E-state index in [1.54, 1.807) is 0 Å². The third-order valence-corrected chi connectivity index (χ3v) is 6.85. The molecule has 0 fully saturated rings. The minimum absolute atomic E-state index is 0.243. The molecule has 0 amide bonds. The van der Waals surface area contributed by atoms with Crippen LogP contribution in [0, 0.1) is 0 Å². The molecule has 3 nitrogen and oxygen atoms in total. The van der Waals surface area contributed by atoms with Crippen LogP contribution in [-0.4, -0.2) is 11.7 Å². The molecule has 1 aliphatic rings. The molecule has 0 bridgehead atoms. The van der Waals surface area contributed by atoms with E-state index in [4.69, 9.17) is 9.98 Å². The van der Waals surface area contributed by atoms with Crippen molar-refractivity contribution in [3.05, 3.63) is 142 Å². The van der Waals surface area contributed by atoms with Crippen molar-refractivity contribution in [1.29, 1.82) is 0 Å². The van der Waals surface area contributed by atoms with Crippen LogP contribution in [0.5, 0.6) is 0 Å². The normalized spacial score (nSPS) is 15.3. The first kappa shape index (κ1) is 21.5. The second-order valence-electron chi connectivity index (χ2n) is 8.49. The highest BCUT2D eigenvalue weighted by Gasteiger charge is 2.21. The molecule has 1 N–H and O–H groups in total. The fourth-order valence-electron chi connectivity index (χ4n) is 4.37. The van der Waals surface area contributed by atoms with Crippen LogP contribution in [0.1, 0.15) is 22.9 Å². The van der Waals surface area contributed by atoms with Gasteiger partial charge in [-0.15, -0.1) is 0 Å². The number of hydrogen-bond donors (Lipinski definition) is 1. The van der Waals surface area contributed by atoms with Gasteiger partial charge in [-0.2, -0.15) is 0 Å². The Morgan fingerprint density at radius 3 is 1.97 bits per heavy atom. The number of nitrogens with zero attached hydrogens (tertiary/aromatic N) is 2. The van der Waals surface area contributed by atoms with Gasteiger partial charge in [0.1, 0.15) is 12.0 Å². The third-order valence-electron chi connectivity index (χ3n) is 6.19. The van der Waals surface area contributed by atoms with Crippen LogP contribution in [0.4, 0.5) is 0 Å². The van der Waals surface area contributed by atoms with Gasteiger partial charge in [0.25, 0.3) is 0 Å². The zero-order valence-corrected chi connectivity index (χ0v) is 20.5. The van der Waals surface area contributed by atoms with Gasteiger partial charge in [-0.05, 0) is 39.6 Å². The van der Waals surface area contributed by atoms with E-state index in [0.717, 1.165) is 38.2 Å². The van der Waals surface area contributed by atoms with E-state index in [9.17, 15) is 0 Å². The standard InChI is InChI=1S/C31H22BrN3/c32-28-20-26(19-25-13-7-8-14-27(25)28)31-34-29(23-11-5-2-6-12-23)33-30(35-31)24-17-15-22(16-18-24)21-9-3-1-4-10-21/h1-20,30H,(H,33,34,35). The van der Waals surface area contributed by atoms with Crippen LogP contribution in [0.15, 0.2) is 136 Å². The molecule has 0 radical (unpaired) electrons. The van der Waals surface area contributed by atoms with Gasteiger partial charge in [0.15, 0.2) is 5.84 Å². The number of fused-ring (bicyclic) bond motifs is 1. The Morgan fingerprint density at radius 2 is 1.23 bits per heavy atom. The minimum Gasteiger partial charge on any atom is -0.344 e. The molecule has 0 aromatic heterocycles. The zero-order valence-electron chi connectivity index (χ0n) is 18.9. The second kappa shape index (κ2) is 9.32. The summed E-state index contributed by atoms with van der Waals surface area (Å²) >= 11 is 3.75. The second-order valence-corrected chi connectivity index (χ2v) is 9.35. The van der Waals surface area contributed by atoms with E-state index in [0.29, 0.717) is 0 Å². The molecular formula is C31H22BrN3. The summed E-state index contributed by atoms with van der Waals surface area (Å²) in [4.78, 5) is 9.94. The van der Waals surface area contributed by atoms with Gasteiger partial charge in [-0.1, -0.05) is 125 Å². The number of halogens is 1. The van der Waals surface area contributed by atoms with E-state index >= 15 is 0 Å². The number of nitrogens with one attached hydrogen (secondary N) is 1. The van der Waals surface area contributed by atoms with Crippen LogP contribution < -0.4 is 5.32 Å². The lowest BCUT2D eigenvalue weighted by Crippen LogP contribution is -2.33. The maximum atomic E-state index is 4.99. The van der Waals surface area contributed by atoms with Gasteiger partial charge in [0.05, 0.1) is 0 Å². The highest BCUT2D eigenvalue weighted by atomic mass is 79.9. The quantitative estimate of drug-likeness (QED) is 0.260. The minimum atomic E-state index is -0.243. The average molecular weight is 516 g/mol. The molecule has 168 valence electrons.